The average Bonchev–Trinajstić information content (AvgIpc) is 2.64. The average molecular weight is 304 g/mol. The van der Waals surface area contributed by atoms with Crippen molar-refractivity contribution >= 4 is 49.8 Å². The monoisotopic (exact) mass is 303 g/mol. The number of rotatable bonds is 5. The SMILES string of the molecule is Cc1cc2c(NCCCS(C)=O)nc(Cl)nc2s1. The third-order valence-corrected chi connectivity index (χ3v) is 4.37. The fraction of sp³-hybridized carbons (Fsp3) is 0.455. The third-order valence-electron chi connectivity index (χ3n) is 2.39. The highest BCUT2D eigenvalue weighted by Crippen LogP contribution is 2.29. The molecule has 4 nitrogen and oxygen atoms in total. The molecule has 18 heavy (non-hydrogen) atoms. The first-order chi connectivity index (χ1) is 8.56. The first-order valence-corrected chi connectivity index (χ1v) is 8.46. The van der Waals surface area contributed by atoms with E-state index in [2.05, 4.69) is 21.4 Å². The summed E-state index contributed by atoms with van der Waals surface area (Å²) in [6.45, 7) is 2.77. The second-order valence-electron chi connectivity index (χ2n) is 3.97. The Hall–Kier alpha value is -0.720. The summed E-state index contributed by atoms with van der Waals surface area (Å²) in [5.41, 5.74) is 0. The molecule has 1 N–H and O–H groups in total. The predicted octanol–water partition coefficient (Wildman–Crippen LogP) is 2.83. The Morgan fingerprint density at radius 2 is 2.28 bits per heavy atom. The van der Waals surface area contributed by atoms with E-state index < -0.39 is 10.8 Å². The molecule has 0 spiro atoms. The van der Waals surface area contributed by atoms with Gasteiger partial charge in [-0.15, -0.1) is 11.3 Å². The summed E-state index contributed by atoms with van der Waals surface area (Å²) in [5.74, 6) is 1.45. The van der Waals surface area contributed by atoms with Crippen LogP contribution < -0.4 is 5.32 Å². The summed E-state index contributed by atoms with van der Waals surface area (Å²) in [6.07, 6.45) is 2.55. The number of hydrogen-bond donors (Lipinski definition) is 1. The zero-order chi connectivity index (χ0) is 13.1. The van der Waals surface area contributed by atoms with Crippen LogP contribution in [-0.4, -0.2) is 32.7 Å². The minimum atomic E-state index is -0.748. The van der Waals surface area contributed by atoms with Gasteiger partial charge >= 0.3 is 0 Å². The van der Waals surface area contributed by atoms with Gasteiger partial charge in [0.15, 0.2) is 0 Å². The largest absolute Gasteiger partial charge is 0.369 e. The highest BCUT2D eigenvalue weighted by atomic mass is 35.5. The van der Waals surface area contributed by atoms with Crippen molar-refractivity contribution in [2.75, 3.05) is 23.9 Å². The quantitative estimate of drug-likeness (QED) is 0.681. The van der Waals surface area contributed by atoms with Gasteiger partial charge < -0.3 is 5.32 Å². The van der Waals surface area contributed by atoms with Gasteiger partial charge in [0.2, 0.25) is 5.28 Å². The molecule has 0 saturated heterocycles. The van der Waals surface area contributed by atoms with Crippen molar-refractivity contribution in [3.8, 4) is 0 Å². The van der Waals surface area contributed by atoms with E-state index in [1.165, 1.54) is 4.88 Å². The van der Waals surface area contributed by atoms with Crippen LogP contribution in [0.4, 0.5) is 5.82 Å². The van der Waals surface area contributed by atoms with E-state index in [1.54, 1.807) is 17.6 Å². The molecular formula is C11H14ClN3OS2. The number of thiophene rings is 1. The maximum atomic E-state index is 11.0. The van der Waals surface area contributed by atoms with Gasteiger partial charge in [-0.2, -0.15) is 0 Å². The number of halogens is 1. The molecule has 0 amide bonds. The number of nitrogens with one attached hydrogen (secondary N) is 1. The van der Waals surface area contributed by atoms with Crippen molar-refractivity contribution < 1.29 is 4.21 Å². The van der Waals surface area contributed by atoms with Crippen LogP contribution in [0.2, 0.25) is 5.28 Å². The van der Waals surface area contributed by atoms with E-state index in [9.17, 15) is 4.21 Å². The minimum Gasteiger partial charge on any atom is -0.369 e. The Labute approximate surface area is 117 Å². The molecule has 7 heteroatoms. The topological polar surface area (TPSA) is 54.9 Å². The molecule has 2 aromatic rings. The maximum Gasteiger partial charge on any atom is 0.225 e. The summed E-state index contributed by atoms with van der Waals surface area (Å²) in [4.78, 5) is 10.5. The Kier molecular flexibility index (Phi) is 4.53. The fourth-order valence-corrected chi connectivity index (χ4v) is 3.28. The Bertz CT molecular complexity index is 585. The second kappa shape index (κ2) is 5.95. The van der Waals surface area contributed by atoms with E-state index in [0.717, 1.165) is 29.0 Å². The molecule has 0 bridgehead atoms. The molecule has 1 unspecified atom stereocenters. The van der Waals surface area contributed by atoms with Crippen molar-refractivity contribution in [3.05, 3.63) is 16.2 Å². The summed E-state index contributed by atoms with van der Waals surface area (Å²) in [6, 6.07) is 2.05. The molecule has 0 aliphatic carbocycles. The van der Waals surface area contributed by atoms with Gasteiger partial charge in [-0.25, -0.2) is 9.97 Å². The van der Waals surface area contributed by atoms with Crippen molar-refractivity contribution in [2.24, 2.45) is 0 Å². The van der Waals surface area contributed by atoms with Gasteiger partial charge in [-0.3, -0.25) is 4.21 Å². The van der Waals surface area contributed by atoms with Crippen LogP contribution >= 0.6 is 22.9 Å². The second-order valence-corrected chi connectivity index (χ2v) is 7.10. The zero-order valence-electron chi connectivity index (χ0n) is 10.2. The van der Waals surface area contributed by atoms with Gasteiger partial charge in [0.25, 0.3) is 0 Å². The highest BCUT2D eigenvalue weighted by molar-refractivity contribution is 7.84. The molecule has 0 fully saturated rings. The first-order valence-electron chi connectivity index (χ1n) is 5.54. The van der Waals surface area contributed by atoms with Crippen LogP contribution in [0.15, 0.2) is 6.07 Å². The summed E-state index contributed by atoms with van der Waals surface area (Å²) in [5, 5.41) is 4.49. The van der Waals surface area contributed by atoms with E-state index in [0.29, 0.717) is 5.75 Å². The van der Waals surface area contributed by atoms with E-state index in [-0.39, 0.29) is 5.28 Å². The summed E-state index contributed by atoms with van der Waals surface area (Å²) >= 11 is 7.49. The number of aromatic nitrogens is 2. The number of nitrogens with zero attached hydrogens (tertiary/aromatic N) is 2. The number of aryl methyl sites for hydroxylation is 1. The van der Waals surface area contributed by atoms with E-state index in [1.807, 2.05) is 6.92 Å². The van der Waals surface area contributed by atoms with Crippen LogP contribution in [0.1, 0.15) is 11.3 Å². The van der Waals surface area contributed by atoms with Crippen LogP contribution in [0.5, 0.6) is 0 Å². The molecule has 0 radical (unpaired) electrons. The van der Waals surface area contributed by atoms with E-state index >= 15 is 0 Å². The number of fused-ring (bicyclic) bond motifs is 1. The van der Waals surface area contributed by atoms with Crippen molar-refractivity contribution in [1.29, 1.82) is 0 Å². The Morgan fingerprint density at radius 3 is 3.00 bits per heavy atom. The number of hydrogen-bond acceptors (Lipinski definition) is 5. The van der Waals surface area contributed by atoms with Gasteiger partial charge in [-0.1, -0.05) is 0 Å². The zero-order valence-corrected chi connectivity index (χ0v) is 12.6. The Balaban J connectivity index is 2.14. The van der Waals surface area contributed by atoms with Crippen LogP contribution in [-0.2, 0) is 10.8 Å². The van der Waals surface area contributed by atoms with Crippen molar-refractivity contribution in [1.82, 2.24) is 9.97 Å². The Morgan fingerprint density at radius 1 is 1.50 bits per heavy atom. The molecular weight excluding hydrogens is 290 g/mol. The third kappa shape index (κ3) is 3.40. The molecule has 2 heterocycles. The minimum absolute atomic E-state index is 0.255. The molecule has 2 rings (SSSR count). The lowest BCUT2D eigenvalue weighted by Gasteiger charge is -2.06. The lowest BCUT2D eigenvalue weighted by atomic mass is 10.3. The van der Waals surface area contributed by atoms with Gasteiger partial charge in [0, 0.05) is 34.2 Å². The number of anilines is 1. The van der Waals surface area contributed by atoms with Crippen LogP contribution in [0.25, 0.3) is 10.2 Å². The van der Waals surface area contributed by atoms with Gasteiger partial charge in [0.1, 0.15) is 10.6 Å². The molecule has 0 aromatic carbocycles. The van der Waals surface area contributed by atoms with Gasteiger partial charge in [0.05, 0.1) is 5.39 Å². The molecule has 98 valence electrons. The van der Waals surface area contributed by atoms with Crippen LogP contribution in [0.3, 0.4) is 0 Å². The lowest BCUT2D eigenvalue weighted by molar-refractivity contribution is 0.685. The molecule has 0 saturated carbocycles. The first kappa shape index (κ1) is 13.7. The summed E-state index contributed by atoms with van der Waals surface area (Å²) in [7, 11) is -0.748. The normalized spacial score (nSPS) is 12.8. The maximum absolute atomic E-state index is 11.0. The van der Waals surface area contributed by atoms with Crippen LogP contribution in [0, 0.1) is 6.92 Å². The lowest BCUT2D eigenvalue weighted by Crippen LogP contribution is -2.07. The van der Waals surface area contributed by atoms with Crippen molar-refractivity contribution in [2.45, 2.75) is 13.3 Å². The van der Waals surface area contributed by atoms with E-state index in [4.69, 9.17) is 11.6 Å². The highest BCUT2D eigenvalue weighted by Gasteiger charge is 2.09. The van der Waals surface area contributed by atoms with Gasteiger partial charge in [-0.05, 0) is 31.0 Å². The molecule has 1 atom stereocenters. The molecule has 2 aromatic heterocycles. The molecule has 0 aliphatic heterocycles. The standard InChI is InChI=1S/C11H14ClN3OS2/c1-7-6-8-9(13-4-3-5-18(2)16)14-11(12)15-10(8)17-7/h6H,3-5H2,1-2H3,(H,13,14,15). The summed E-state index contributed by atoms with van der Waals surface area (Å²) < 4.78 is 11.0. The predicted molar refractivity (Wildman–Crippen MR) is 79.2 cm³/mol. The fourth-order valence-electron chi connectivity index (χ4n) is 1.63. The smallest absolute Gasteiger partial charge is 0.225 e. The van der Waals surface area contributed by atoms with Crippen molar-refractivity contribution in [3.63, 3.8) is 0 Å². The molecule has 0 aliphatic rings.